The van der Waals surface area contributed by atoms with Crippen LogP contribution in [0.4, 0.5) is 11.4 Å². The number of para-hydroxylation sites is 1. The van der Waals surface area contributed by atoms with Gasteiger partial charge in [0.1, 0.15) is 5.52 Å². The Kier molecular flexibility index (Phi) is 4.36. The fourth-order valence-electron chi connectivity index (χ4n) is 3.28. The highest BCUT2D eigenvalue weighted by Crippen LogP contribution is 2.29. The van der Waals surface area contributed by atoms with Gasteiger partial charge in [-0.1, -0.05) is 29.8 Å². The minimum absolute atomic E-state index is 0.652. The zero-order chi connectivity index (χ0) is 19.1. The molecule has 5 heteroatoms. The molecule has 0 aliphatic carbocycles. The molecule has 1 aromatic heterocycles. The highest BCUT2D eigenvalue weighted by Gasteiger charge is 2.22. The first kappa shape index (κ1) is 17.6. The van der Waals surface area contributed by atoms with Crippen molar-refractivity contribution in [1.82, 2.24) is 4.98 Å². The van der Waals surface area contributed by atoms with Crippen LogP contribution in [0.15, 0.2) is 60.7 Å². The molecule has 0 saturated heterocycles. The number of fused-ring (bicyclic) bond motifs is 2. The lowest BCUT2D eigenvalue weighted by Gasteiger charge is -2.15. The molecule has 0 fully saturated rings. The molecule has 0 N–H and O–H groups in total. The van der Waals surface area contributed by atoms with Crippen molar-refractivity contribution in [2.45, 2.75) is 0 Å². The molecule has 0 aliphatic rings. The summed E-state index contributed by atoms with van der Waals surface area (Å²) < 4.78 is 2.24. The molecule has 4 rings (SSSR count). The molecule has 4 aromatic rings. The third kappa shape index (κ3) is 3.06. The number of hydrogen-bond acceptors (Lipinski definition) is 3. The van der Waals surface area contributed by atoms with E-state index in [0.717, 1.165) is 39.1 Å². The Balaban J connectivity index is 2.20. The zero-order valence-corrected chi connectivity index (χ0v) is 16.7. The number of nitrogens with zero attached hydrogens (tertiary/aromatic N) is 4. The summed E-state index contributed by atoms with van der Waals surface area (Å²) in [7, 11) is 8.12. The van der Waals surface area contributed by atoms with Gasteiger partial charge in [0.15, 0.2) is 5.52 Å². The van der Waals surface area contributed by atoms with E-state index >= 15 is 0 Å². The Bertz CT molecular complexity index is 1140. The van der Waals surface area contributed by atoms with Crippen LogP contribution in [0.3, 0.4) is 0 Å². The summed E-state index contributed by atoms with van der Waals surface area (Å²) in [5.74, 6) is 0. The molecule has 3 aromatic carbocycles. The molecule has 27 heavy (non-hydrogen) atoms. The largest absolute Gasteiger partial charge is 0.377 e. The third-order valence-electron chi connectivity index (χ3n) is 4.75. The number of rotatable bonds is 3. The highest BCUT2D eigenvalue weighted by molar-refractivity contribution is 6.35. The van der Waals surface area contributed by atoms with E-state index in [-0.39, 0.29) is 0 Å². The number of anilines is 2. The van der Waals surface area contributed by atoms with E-state index in [0.29, 0.717) is 5.02 Å². The van der Waals surface area contributed by atoms with Gasteiger partial charge in [-0.2, -0.15) is 0 Å². The molecular weight excluding hydrogens is 356 g/mol. The maximum Gasteiger partial charge on any atom is 0.241 e. The zero-order valence-electron chi connectivity index (χ0n) is 15.9. The van der Waals surface area contributed by atoms with E-state index in [1.54, 1.807) is 0 Å². The monoisotopic (exact) mass is 377 g/mol. The molecular formula is C22H22ClN4+. The van der Waals surface area contributed by atoms with Gasteiger partial charge in [-0.25, -0.2) is 4.98 Å². The van der Waals surface area contributed by atoms with E-state index < -0.39 is 0 Å². The smallest absolute Gasteiger partial charge is 0.241 e. The van der Waals surface area contributed by atoms with Crippen LogP contribution in [0.25, 0.3) is 27.8 Å². The normalized spacial score (nSPS) is 11.1. The lowest BCUT2D eigenvalue weighted by Crippen LogP contribution is -2.33. The Morgan fingerprint density at radius 1 is 0.778 bits per heavy atom. The van der Waals surface area contributed by atoms with Gasteiger partial charge in [0, 0.05) is 63.8 Å². The van der Waals surface area contributed by atoms with Crippen LogP contribution in [0.1, 0.15) is 0 Å². The quantitative estimate of drug-likeness (QED) is 0.389. The van der Waals surface area contributed by atoms with E-state index in [1.165, 1.54) is 0 Å². The fraction of sp³-hybridized carbons (Fsp3) is 0.182. The molecule has 0 aliphatic heterocycles. The van der Waals surface area contributed by atoms with Gasteiger partial charge >= 0.3 is 0 Å². The first-order chi connectivity index (χ1) is 13.0. The molecule has 0 amide bonds. The van der Waals surface area contributed by atoms with Gasteiger partial charge in [-0.05, 0) is 18.2 Å². The summed E-state index contributed by atoms with van der Waals surface area (Å²) in [6, 6.07) is 20.8. The summed E-state index contributed by atoms with van der Waals surface area (Å²) in [4.78, 5) is 9.03. The maximum atomic E-state index is 6.64. The fourth-order valence-corrected chi connectivity index (χ4v) is 3.53. The number of benzene rings is 3. The number of halogens is 1. The van der Waals surface area contributed by atoms with Crippen molar-refractivity contribution in [3.8, 4) is 5.69 Å². The van der Waals surface area contributed by atoms with Crippen LogP contribution in [0.5, 0.6) is 0 Å². The van der Waals surface area contributed by atoms with Gasteiger partial charge < -0.3 is 9.80 Å². The average Bonchev–Trinajstić information content (AvgIpc) is 2.66. The van der Waals surface area contributed by atoms with Gasteiger partial charge in [-0.15, -0.1) is 4.57 Å². The van der Waals surface area contributed by atoms with Crippen molar-refractivity contribution >= 4 is 45.0 Å². The van der Waals surface area contributed by atoms with Crippen LogP contribution in [-0.4, -0.2) is 33.2 Å². The topological polar surface area (TPSA) is 23.3 Å². The van der Waals surface area contributed by atoms with E-state index in [1.807, 2.05) is 52.5 Å². The maximum absolute atomic E-state index is 6.64. The van der Waals surface area contributed by atoms with Crippen LogP contribution in [0, 0.1) is 0 Å². The Morgan fingerprint density at radius 3 is 2.11 bits per heavy atom. The molecule has 0 unspecified atom stereocenters. The van der Waals surface area contributed by atoms with Crippen LogP contribution in [-0.2, 0) is 0 Å². The minimum Gasteiger partial charge on any atom is -0.377 e. The SMILES string of the molecule is CN(C)c1ccc2nc3c(Cl)cc(N(C)C)cc3[n+](-c3ccccc3)c2c1. The lowest BCUT2D eigenvalue weighted by molar-refractivity contribution is -0.538. The second kappa shape index (κ2) is 6.71. The van der Waals surface area contributed by atoms with Gasteiger partial charge in [0.05, 0.1) is 5.02 Å². The number of aromatic nitrogens is 2. The third-order valence-corrected chi connectivity index (χ3v) is 5.04. The predicted molar refractivity (Wildman–Crippen MR) is 114 cm³/mol. The van der Waals surface area contributed by atoms with E-state index in [2.05, 4.69) is 50.8 Å². The van der Waals surface area contributed by atoms with Crippen molar-refractivity contribution in [3.05, 3.63) is 65.7 Å². The number of hydrogen-bond donors (Lipinski definition) is 0. The van der Waals surface area contributed by atoms with Gasteiger partial charge in [-0.3, -0.25) is 0 Å². The molecule has 136 valence electrons. The van der Waals surface area contributed by atoms with Crippen molar-refractivity contribution in [2.24, 2.45) is 0 Å². The summed E-state index contributed by atoms with van der Waals surface area (Å²) in [5.41, 5.74) is 7.00. The second-order valence-corrected chi connectivity index (χ2v) is 7.45. The molecule has 0 saturated carbocycles. The molecule has 4 nitrogen and oxygen atoms in total. The average molecular weight is 378 g/mol. The minimum atomic E-state index is 0.652. The van der Waals surface area contributed by atoms with Crippen molar-refractivity contribution in [2.75, 3.05) is 38.0 Å². The highest BCUT2D eigenvalue weighted by atomic mass is 35.5. The van der Waals surface area contributed by atoms with Crippen molar-refractivity contribution in [1.29, 1.82) is 0 Å². The molecule has 0 spiro atoms. The summed E-state index contributed by atoms with van der Waals surface area (Å²) in [6.07, 6.45) is 0. The standard InChI is InChI=1S/C22H22ClN4/c1-25(2)16-10-11-19-20(13-16)27(15-8-6-5-7-9-15)21-14-17(26(3)4)12-18(23)22(21)24-19/h5-14H,1-4H3/q+1. The Morgan fingerprint density at radius 2 is 1.44 bits per heavy atom. The second-order valence-electron chi connectivity index (χ2n) is 7.04. The van der Waals surface area contributed by atoms with Crippen molar-refractivity contribution in [3.63, 3.8) is 0 Å². The van der Waals surface area contributed by atoms with Crippen molar-refractivity contribution < 1.29 is 4.57 Å². The summed E-state index contributed by atoms with van der Waals surface area (Å²) >= 11 is 6.64. The van der Waals surface area contributed by atoms with Gasteiger partial charge in [0.25, 0.3) is 0 Å². The van der Waals surface area contributed by atoms with E-state index in [4.69, 9.17) is 16.6 Å². The van der Waals surface area contributed by atoms with E-state index in [9.17, 15) is 0 Å². The lowest BCUT2D eigenvalue weighted by atomic mass is 10.1. The summed E-state index contributed by atoms with van der Waals surface area (Å²) in [5, 5.41) is 0.652. The molecule has 0 radical (unpaired) electrons. The van der Waals surface area contributed by atoms with Gasteiger partial charge in [0.2, 0.25) is 16.7 Å². The first-order valence-corrected chi connectivity index (χ1v) is 9.22. The van der Waals surface area contributed by atoms with Crippen LogP contribution >= 0.6 is 11.6 Å². The molecule has 0 atom stereocenters. The van der Waals surface area contributed by atoms with Crippen LogP contribution < -0.4 is 14.4 Å². The summed E-state index contributed by atoms with van der Waals surface area (Å²) in [6.45, 7) is 0. The Hall–Kier alpha value is -2.85. The Labute approximate surface area is 164 Å². The predicted octanol–water partition coefficient (Wildman–Crippen LogP) is 4.45. The first-order valence-electron chi connectivity index (χ1n) is 8.85. The van der Waals surface area contributed by atoms with Crippen LogP contribution in [0.2, 0.25) is 5.02 Å². The molecule has 1 heterocycles. The molecule has 0 bridgehead atoms.